The normalized spacial score (nSPS) is 15.9. The second kappa shape index (κ2) is 9.45. The highest BCUT2D eigenvalue weighted by molar-refractivity contribution is 8.00. The number of hydrogen-bond acceptors (Lipinski definition) is 5. The summed E-state index contributed by atoms with van der Waals surface area (Å²) in [6, 6.07) is 20.5. The number of amides is 1. The van der Waals surface area contributed by atoms with Gasteiger partial charge in [-0.1, -0.05) is 72.4 Å². The number of aromatic nitrogens is 3. The highest BCUT2D eigenvalue weighted by Crippen LogP contribution is 2.26. The smallest absolute Gasteiger partial charge is 0.235 e. The Morgan fingerprint density at radius 2 is 1.60 bits per heavy atom. The average molecular weight is 422 g/mol. The Morgan fingerprint density at radius 3 is 2.27 bits per heavy atom. The van der Waals surface area contributed by atoms with Crippen LogP contribution >= 0.6 is 11.8 Å². The quantitative estimate of drug-likeness (QED) is 0.572. The number of carbonyl (C=O) groups excluding carboxylic acids is 1. The number of carbonyl (C=O) groups is 1. The molecule has 2 aromatic carbocycles. The predicted molar refractivity (Wildman–Crippen MR) is 120 cm³/mol. The number of piperazine rings is 1. The number of rotatable bonds is 6. The van der Waals surface area contributed by atoms with E-state index in [-0.39, 0.29) is 11.2 Å². The maximum absolute atomic E-state index is 13.0. The summed E-state index contributed by atoms with van der Waals surface area (Å²) in [5.74, 6) is 0.982. The molecule has 30 heavy (non-hydrogen) atoms. The molecular weight excluding hydrogens is 394 g/mol. The minimum Gasteiger partial charge on any atom is -0.339 e. The van der Waals surface area contributed by atoms with Crippen molar-refractivity contribution in [1.29, 1.82) is 0 Å². The molecule has 4 rings (SSSR count). The van der Waals surface area contributed by atoms with E-state index in [4.69, 9.17) is 0 Å². The highest BCUT2D eigenvalue weighted by Gasteiger charge is 2.27. The predicted octanol–water partition coefficient (Wildman–Crippen LogP) is 3.31. The van der Waals surface area contributed by atoms with E-state index in [1.165, 1.54) is 17.3 Å². The Labute approximate surface area is 181 Å². The van der Waals surface area contributed by atoms with Gasteiger partial charge in [-0.3, -0.25) is 9.69 Å². The lowest BCUT2D eigenvalue weighted by Gasteiger charge is -2.35. The van der Waals surface area contributed by atoms with E-state index >= 15 is 0 Å². The van der Waals surface area contributed by atoms with Crippen LogP contribution in [-0.2, 0) is 18.4 Å². The van der Waals surface area contributed by atoms with Gasteiger partial charge >= 0.3 is 0 Å². The Morgan fingerprint density at radius 1 is 0.967 bits per heavy atom. The number of hydrogen-bond donors (Lipinski definition) is 0. The molecule has 1 atom stereocenters. The maximum Gasteiger partial charge on any atom is 0.235 e. The van der Waals surface area contributed by atoms with Crippen molar-refractivity contribution in [3.05, 3.63) is 66.2 Å². The SMILES string of the molecule is C[C@@H](Sc1nnc(-c2ccccc2)n1C)C(=O)N1CCN(Cc2ccccc2)CC1. The molecule has 0 radical (unpaired) electrons. The maximum atomic E-state index is 13.0. The summed E-state index contributed by atoms with van der Waals surface area (Å²) in [6.07, 6.45) is 0. The summed E-state index contributed by atoms with van der Waals surface area (Å²) in [6.45, 7) is 6.24. The molecule has 2 heterocycles. The third kappa shape index (κ3) is 4.74. The van der Waals surface area contributed by atoms with E-state index in [0.717, 1.165) is 49.3 Å². The van der Waals surface area contributed by atoms with Crippen molar-refractivity contribution in [1.82, 2.24) is 24.6 Å². The molecule has 0 unspecified atom stereocenters. The fourth-order valence-corrected chi connectivity index (χ4v) is 4.59. The topological polar surface area (TPSA) is 54.3 Å². The molecule has 1 aliphatic rings. The van der Waals surface area contributed by atoms with E-state index in [2.05, 4.69) is 39.4 Å². The van der Waals surface area contributed by atoms with Crippen LogP contribution in [0.1, 0.15) is 12.5 Å². The molecule has 6 nitrogen and oxygen atoms in total. The first-order valence-electron chi connectivity index (χ1n) is 10.3. The van der Waals surface area contributed by atoms with Crippen LogP contribution in [-0.4, -0.2) is 61.9 Å². The molecule has 156 valence electrons. The molecule has 1 amide bonds. The van der Waals surface area contributed by atoms with E-state index < -0.39 is 0 Å². The van der Waals surface area contributed by atoms with Crippen LogP contribution in [0, 0.1) is 0 Å². The van der Waals surface area contributed by atoms with Gasteiger partial charge in [0, 0.05) is 45.3 Å². The summed E-state index contributed by atoms with van der Waals surface area (Å²) in [4.78, 5) is 17.4. The highest BCUT2D eigenvalue weighted by atomic mass is 32.2. The molecule has 0 N–H and O–H groups in total. The Hall–Kier alpha value is -2.64. The van der Waals surface area contributed by atoms with Crippen molar-refractivity contribution in [2.24, 2.45) is 7.05 Å². The van der Waals surface area contributed by atoms with Crippen molar-refractivity contribution in [3.63, 3.8) is 0 Å². The van der Waals surface area contributed by atoms with Gasteiger partial charge in [0.15, 0.2) is 11.0 Å². The molecular formula is C23H27N5OS. The third-order valence-electron chi connectivity index (χ3n) is 5.43. The van der Waals surface area contributed by atoms with Crippen LogP contribution in [0.3, 0.4) is 0 Å². The molecule has 0 bridgehead atoms. The van der Waals surface area contributed by atoms with Gasteiger partial charge in [0.05, 0.1) is 5.25 Å². The molecule has 1 fully saturated rings. The molecule has 0 spiro atoms. The second-order valence-corrected chi connectivity index (χ2v) is 8.89. The fraction of sp³-hybridized carbons (Fsp3) is 0.348. The standard InChI is InChI=1S/C23H27N5OS/c1-18(30-23-25-24-21(26(23)2)20-11-7-4-8-12-20)22(29)28-15-13-27(14-16-28)17-19-9-5-3-6-10-19/h3-12,18H,13-17H2,1-2H3/t18-/m1/s1. The summed E-state index contributed by atoms with van der Waals surface area (Å²) >= 11 is 1.48. The zero-order chi connectivity index (χ0) is 20.9. The molecule has 0 saturated carbocycles. The van der Waals surface area contributed by atoms with Gasteiger partial charge in [-0.15, -0.1) is 10.2 Å². The van der Waals surface area contributed by atoms with Gasteiger partial charge < -0.3 is 9.47 Å². The molecule has 0 aliphatic carbocycles. The van der Waals surface area contributed by atoms with Gasteiger partial charge in [-0.25, -0.2) is 0 Å². The minimum atomic E-state index is -0.197. The molecule has 1 aliphatic heterocycles. The molecule has 1 aromatic heterocycles. The number of thioether (sulfide) groups is 1. The van der Waals surface area contributed by atoms with Gasteiger partial charge in [-0.2, -0.15) is 0 Å². The first kappa shape index (κ1) is 20.6. The molecule has 1 saturated heterocycles. The van der Waals surface area contributed by atoms with E-state index in [1.54, 1.807) is 0 Å². The van der Waals surface area contributed by atoms with Crippen molar-refractivity contribution in [3.8, 4) is 11.4 Å². The molecule has 3 aromatic rings. The van der Waals surface area contributed by atoms with Crippen LogP contribution in [0.5, 0.6) is 0 Å². The van der Waals surface area contributed by atoms with E-state index in [9.17, 15) is 4.79 Å². The Kier molecular flexibility index (Phi) is 6.50. The van der Waals surface area contributed by atoms with Crippen molar-refractivity contribution < 1.29 is 4.79 Å². The number of nitrogens with zero attached hydrogens (tertiary/aromatic N) is 5. The van der Waals surface area contributed by atoms with Crippen LogP contribution in [0.15, 0.2) is 65.8 Å². The Balaban J connectivity index is 1.32. The van der Waals surface area contributed by atoms with Crippen LogP contribution < -0.4 is 0 Å². The Bertz CT molecular complexity index is 968. The van der Waals surface area contributed by atoms with Crippen LogP contribution in [0.4, 0.5) is 0 Å². The largest absolute Gasteiger partial charge is 0.339 e. The summed E-state index contributed by atoms with van der Waals surface area (Å²) < 4.78 is 1.96. The van der Waals surface area contributed by atoms with Gasteiger partial charge in [0.2, 0.25) is 5.91 Å². The van der Waals surface area contributed by atoms with E-state index in [1.807, 2.05) is 59.8 Å². The van der Waals surface area contributed by atoms with Crippen molar-refractivity contribution in [2.45, 2.75) is 23.9 Å². The summed E-state index contributed by atoms with van der Waals surface area (Å²) in [5, 5.41) is 9.20. The van der Waals surface area contributed by atoms with Crippen molar-refractivity contribution in [2.75, 3.05) is 26.2 Å². The second-order valence-electron chi connectivity index (χ2n) is 7.58. The zero-order valence-electron chi connectivity index (χ0n) is 17.4. The lowest BCUT2D eigenvalue weighted by atomic mass is 10.2. The van der Waals surface area contributed by atoms with E-state index in [0.29, 0.717) is 0 Å². The minimum absolute atomic E-state index is 0.170. The summed E-state index contributed by atoms with van der Waals surface area (Å²) in [5.41, 5.74) is 2.34. The zero-order valence-corrected chi connectivity index (χ0v) is 18.3. The first-order chi connectivity index (χ1) is 14.6. The van der Waals surface area contributed by atoms with Crippen LogP contribution in [0.2, 0.25) is 0 Å². The fourth-order valence-electron chi connectivity index (χ4n) is 3.69. The van der Waals surface area contributed by atoms with Crippen molar-refractivity contribution >= 4 is 17.7 Å². The summed E-state index contributed by atoms with van der Waals surface area (Å²) in [7, 11) is 1.95. The first-order valence-corrected chi connectivity index (χ1v) is 11.2. The van der Waals surface area contributed by atoms with Gasteiger partial charge in [0.1, 0.15) is 0 Å². The lowest BCUT2D eigenvalue weighted by Crippen LogP contribution is -2.50. The average Bonchev–Trinajstić information content (AvgIpc) is 3.15. The number of benzene rings is 2. The van der Waals surface area contributed by atoms with Gasteiger partial charge in [0.25, 0.3) is 0 Å². The van der Waals surface area contributed by atoms with Gasteiger partial charge in [-0.05, 0) is 12.5 Å². The monoisotopic (exact) mass is 421 g/mol. The van der Waals surface area contributed by atoms with Crippen LogP contribution in [0.25, 0.3) is 11.4 Å². The third-order valence-corrected chi connectivity index (χ3v) is 6.55. The molecule has 7 heteroatoms. The lowest BCUT2D eigenvalue weighted by molar-refractivity contribution is -0.132.